The number of hydrogen-bond acceptors (Lipinski definition) is 2. The first-order chi connectivity index (χ1) is 8.29. The van der Waals surface area contributed by atoms with Gasteiger partial charge in [0.2, 0.25) is 0 Å². The van der Waals surface area contributed by atoms with Crippen molar-refractivity contribution in [2.24, 2.45) is 0 Å². The van der Waals surface area contributed by atoms with Crippen LogP contribution < -0.4 is 10.6 Å². The number of nitrogens with zero attached hydrogens (tertiary/aromatic N) is 1. The molecule has 1 aromatic heterocycles. The molecule has 1 heterocycles. The quantitative estimate of drug-likeness (QED) is 0.812. The van der Waals surface area contributed by atoms with E-state index in [2.05, 4.69) is 9.97 Å². The van der Waals surface area contributed by atoms with E-state index in [1.54, 1.807) is 0 Å². The number of carbonyl (C=O) groups is 1. The number of halogens is 3. The Labute approximate surface area is 98.2 Å². The summed E-state index contributed by atoms with van der Waals surface area (Å²) < 4.78 is 36.7. The highest BCUT2D eigenvalue weighted by atomic mass is 19.4. The van der Waals surface area contributed by atoms with Crippen LogP contribution in [0.25, 0.3) is 11.0 Å². The largest absolute Gasteiger partial charge is 0.471 e. The highest BCUT2D eigenvalue weighted by Crippen LogP contribution is 2.24. The van der Waals surface area contributed by atoms with Gasteiger partial charge in [0.15, 0.2) is 0 Å². The van der Waals surface area contributed by atoms with Crippen LogP contribution in [-0.2, 0) is 4.79 Å². The van der Waals surface area contributed by atoms with Crippen LogP contribution in [0.4, 0.5) is 18.9 Å². The molecule has 0 saturated heterocycles. The second-order valence-electron chi connectivity index (χ2n) is 3.67. The van der Waals surface area contributed by atoms with Gasteiger partial charge in [0.1, 0.15) is 0 Å². The summed E-state index contributed by atoms with van der Waals surface area (Å²) in [6.45, 7) is 0. The van der Waals surface area contributed by atoms with Crippen LogP contribution in [0.2, 0.25) is 0 Å². The number of nitrogens with one attached hydrogen (secondary N) is 2. The van der Waals surface area contributed by atoms with Crippen LogP contribution in [0.15, 0.2) is 23.0 Å². The Bertz CT molecular complexity index is 656. The zero-order valence-corrected chi connectivity index (χ0v) is 9.13. The molecule has 1 aromatic carbocycles. The van der Waals surface area contributed by atoms with Gasteiger partial charge >= 0.3 is 17.8 Å². The highest BCUT2D eigenvalue weighted by Gasteiger charge is 2.41. The fourth-order valence-electron chi connectivity index (χ4n) is 1.54. The van der Waals surface area contributed by atoms with Crippen molar-refractivity contribution in [1.82, 2.24) is 9.97 Å². The number of amides is 1. The average molecular weight is 259 g/mol. The number of H-pyrrole nitrogens is 2. The lowest BCUT2D eigenvalue weighted by Gasteiger charge is -2.18. The van der Waals surface area contributed by atoms with Crippen molar-refractivity contribution in [1.29, 1.82) is 0 Å². The summed E-state index contributed by atoms with van der Waals surface area (Å²) in [7, 11) is 1.02. The Balaban J connectivity index is 2.42. The van der Waals surface area contributed by atoms with Gasteiger partial charge in [-0.15, -0.1) is 0 Å². The molecule has 0 aliphatic carbocycles. The smallest absolute Gasteiger partial charge is 0.308 e. The summed E-state index contributed by atoms with van der Waals surface area (Å²) in [6, 6.07) is 4.02. The minimum atomic E-state index is -4.94. The van der Waals surface area contributed by atoms with Crippen molar-refractivity contribution in [3.8, 4) is 0 Å². The molecule has 0 radical (unpaired) electrons. The number of imidazole rings is 1. The van der Waals surface area contributed by atoms with E-state index in [-0.39, 0.29) is 5.69 Å². The van der Waals surface area contributed by atoms with Crippen molar-refractivity contribution in [3.63, 3.8) is 0 Å². The van der Waals surface area contributed by atoms with Crippen molar-refractivity contribution in [2.75, 3.05) is 11.9 Å². The zero-order chi connectivity index (χ0) is 13.5. The number of fused-ring (bicyclic) bond motifs is 1. The monoisotopic (exact) mass is 259 g/mol. The number of aromatic nitrogens is 2. The molecule has 0 saturated carbocycles. The third-order valence-corrected chi connectivity index (χ3v) is 2.43. The van der Waals surface area contributed by atoms with Crippen LogP contribution in [0.3, 0.4) is 0 Å². The molecule has 2 N–H and O–H groups in total. The third-order valence-electron chi connectivity index (χ3n) is 2.43. The lowest BCUT2D eigenvalue weighted by atomic mass is 10.2. The second-order valence-corrected chi connectivity index (χ2v) is 3.67. The molecule has 0 fully saturated rings. The third kappa shape index (κ3) is 2.08. The topological polar surface area (TPSA) is 69.0 Å². The molecule has 2 aromatic rings. The van der Waals surface area contributed by atoms with Gasteiger partial charge < -0.3 is 14.9 Å². The number of rotatable bonds is 1. The van der Waals surface area contributed by atoms with Gasteiger partial charge in [-0.25, -0.2) is 4.79 Å². The van der Waals surface area contributed by atoms with Crippen LogP contribution in [-0.4, -0.2) is 29.1 Å². The maximum Gasteiger partial charge on any atom is 0.471 e. The summed E-state index contributed by atoms with van der Waals surface area (Å²) in [5.74, 6) is -1.97. The molecule has 1 amide bonds. The maximum atomic E-state index is 12.2. The molecule has 0 atom stereocenters. The Morgan fingerprint density at radius 2 is 1.83 bits per heavy atom. The van der Waals surface area contributed by atoms with Crippen LogP contribution in [0.5, 0.6) is 0 Å². The van der Waals surface area contributed by atoms with Gasteiger partial charge in [0, 0.05) is 12.7 Å². The van der Waals surface area contributed by atoms with Gasteiger partial charge in [-0.3, -0.25) is 4.79 Å². The van der Waals surface area contributed by atoms with Gasteiger partial charge in [0.05, 0.1) is 11.0 Å². The Hall–Kier alpha value is -2.25. The number of aromatic amines is 2. The molecule has 0 bridgehead atoms. The van der Waals surface area contributed by atoms with E-state index in [0.717, 1.165) is 7.05 Å². The average Bonchev–Trinajstić information content (AvgIpc) is 2.64. The lowest BCUT2D eigenvalue weighted by Crippen LogP contribution is -2.38. The fourth-order valence-corrected chi connectivity index (χ4v) is 1.54. The number of anilines is 1. The number of alkyl halides is 3. The predicted octanol–water partition coefficient (Wildman–Crippen LogP) is 1.38. The first kappa shape index (κ1) is 12.2. The van der Waals surface area contributed by atoms with Gasteiger partial charge in [0.25, 0.3) is 0 Å². The Morgan fingerprint density at radius 1 is 1.22 bits per heavy atom. The highest BCUT2D eigenvalue weighted by molar-refractivity contribution is 5.98. The van der Waals surface area contributed by atoms with Crippen molar-refractivity contribution < 1.29 is 18.0 Å². The van der Waals surface area contributed by atoms with Crippen LogP contribution in [0.1, 0.15) is 0 Å². The van der Waals surface area contributed by atoms with Crippen LogP contribution in [0, 0.1) is 0 Å². The van der Waals surface area contributed by atoms with Crippen LogP contribution >= 0.6 is 0 Å². The normalized spacial score (nSPS) is 11.8. The number of benzene rings is 1. The lowest BCUT2D eigenvalue weighted by molar-refractivity contribution is -0.170. The minimum Gasteiger partial charge on any atom is -0.308 e. The molecule has 8 heteroatoms. The maximum absolute atomic E-state index is 12.2. The number of carbonyl (C=O) groups excluding carboxylic acids is 1. The Kier molecular flexibility index (Phi) is 2.64. The van der Waals surface area contributed by atoms with Crippen molar-refractivity contribution >= 4 is 22.6 Å². The first-order valence-corrected chi connectivity index (χ1v) is 4.86. The van der Waals surface area contributed by atoms with Gasteiger partial charge in [-0.05, 0) is 18.2 Å². The molecular formula is C10H8F3N3O2. The SMILES string of the molecule is CN(C(=O)C(F)(F)F)c1ccc2[nH]c(=O)[nH]c2c1. The predicted molar refractivity (Wildman–Crippen MR) is 58.4 cm³/mol. The summed E-state index contributed by atoms with van der Waals surface area (Å²) in [5.41, 5.74) is 0.364. The van der Waals surface area contributed by atoms with E-state index in [9.17, 15) is 22.8 Å². The summed E-state index contributed by atoms with van der Waals surface area (Å²) in [4.78, 5) is 27.3. The summed E-state index contributed by atoms with van der Waals surface area (Å²) >= 11 is 0. The molecule has 0 aliphatic heterocycles. The van der Waals surface area contributed by atoms with Crippen molar-refractivity contribution in [3.05, 3.63) is 28.7 Å². The van der Waals surface area contributed by atoms with E-state index in [1.807, 2.05) is 0 Å². The fraction of sp³-hybridized carbons (Fsp3) is 0.200. The summed E-state index contributed by atoms with van der Waals surface area (Å²) in [5, 5.41) is 0. The van der Waals surface area contributed by atoms with Crippen molar-refractivity contribution in [2.45, 2.75) is 6.18 Å². The van der Waals surface area contributed by atoms with E-state index >= 15 is 0 Å². The standard InChI is InChI=1S/C10H8F3N3O2/c1-16(8(17)10(11,12)13)5-2-3-6-7(4-5)15-9(18)14-6/h2-4H,1H3,(H2,14,15,18). The molecular weight excluding hydrogens is 251 g/mol. The molecule has 0 spiro atoms. The molecule has 0 aliphatic rings. The van der Waals surface area contributed by atoms with E-state index in [1.165, 1.54) is 18.2 Å². The van der Waals surface area contributed by atoms with E-state index < -0.39 is 17.8 Å². The first-order valence-electron chi connectivity index (χ1n) is 4.86. The Morgan fingerprint density at radius 3 is 2.44 bits per heavy atom. The summed E-state index contributed by atoms with van der Waals surface area (Å²) in [6.07, 6.45) is -4.94. The van der Waals surface area contributed by atoms with E-state index in [0.29, 0.717) is 15.9 Å². The minimum absolute atomic E-state index is 0.0417. The molecule has 0 unspecified atom stereocenters. The molecule has 18 heavy (non-hydrogen) atoms. The number of hydrogen-bond donors (Lipinski definition) is 2. The molecule has 5 nitrogen and oxygen atoms in total. The second kappa shape index (κ2) is 3.90. The van der Waals surface area contributed by atoms with Gasteiger partial charge in [-0.1, -0.05) is 0 Å². The van der Waals surface area contributed by atoms with E-state index in [4.69, 9.17) is 0 Å². The molecule has 2 rings (SSSR count). The zero-order valence-electron chi connectivity index (χ0n) is 9.13. The van der Waals surface area contributed by atoms with Gasteiger partial charge in [-0.2, -0.15) is 13.2 Å². The molecule has 96 valence electrons.